The fourth-order valence-corrected chi connectivity index (χ4v) is 2.16. The van der Waals surface area contributed by atoms with Gasteiger partial charge in [0.05, 0.1) is 13.2 Å². The largest absolute Gasteiger partial charge is 0.496 e. The Labute approximate surface area is 108 Å². The molecule has 2 N–H and O–H groups in total. The Balaban J connectivity index is 1.93. The third-order valence-corrected chi connectivity index (χ3v) is 3.32. The molecular weight excluding hydrogens is 228 g/mol. The minimum atomic E-state index is -0.0262. The molecule has 0 aromatic heterocycles. The number of hydrogen-bond acceptors (Lipinski definition) is 3. The van der Waals surface area contributed by atoms with Crippen LogP contribution in [0.15, 0.2) is 24.3 Å². The van der Waals surface area contributed by atoms with Crippen LogP contribution in [-0.2, 0) is 4.79 Å². The van der Waals surface area contributed by atoms with Gasteiger partial charge in [-0.1, -0.05) is 18.2 Å². The Morgan fingerprint density at radius 3 is 2.83 bits per heavy atom. The molecule has 4 heteroatoms. The van der Waals surface area contributed by atoms with Gasteiger partial charge in [0.2, 0.25) is 5.91 Å². The monoisotopic (exact) mass is 248 g/mol. The van der Waals surface area contributed by atoms with Crippen LogP contribution in [0.1, 0.15) is 24.9 Å². The quantitative estimate of drug-likeness (QED) is 0.830. The topological polar surface area (TPSA) is 50.4 Å². The van der Waals surface area contributed by atoms with Gasteiger partial charge in [-0.2, -0.15) is 0 Å². The van der Waals surface area contributed by atoms with Crippen LogP contribution in [0.5, 0.6) is 5.75 Å². The maximum absolute atomic E-state index is 11.8. The molecule has 1 saturated heterocycles. The molecular formula is C14H20N2O2. The summed E-state index contributed by atoms with van der Waals surface area (Å²) in [5.74, 6) is 1.42. The highest BCUT2D eigenvalue weighted by Crippen LogP contribution is 2.24. The molecule has 4 nitrogen and oxygen atoms in total. The molecule has 0 aliphatic carbocycles. The van der Waals surface area contributed by atoms with Gasteiger partial charge in [-0.3, -0.25) is 4.79 Å². The van der Waals surface area contributed by atoms with Gasteiger partial charge in [0.25, 0.3) is 0 Å². The van der Waals surface area contributed by atoms with E-state index in [4.69, 9.17) is 4.74 Å². The SMILES string of the molecule is COc1ccccc1[C@H](C)NC(=O)CC1CNC1. The van der Waals surface area contributed by atoms with Gasteiger partial charge >= 0.3 is 0 Å². The second-order valence-corrected chi connectivity index (χ2v) is 4.76. The molecule has 2 rings (SSSR count). The van der Waals surface area contributed by atoms with Gasteiger partial charge in [0, 0.05) is 12.0 Å². The summed E-state index contributed by atoms with van der Waals surface area (Å²) in [5.41, 5.74) is 1.01. The number of para-hydroxylation sites is 1. The van der Waals surface area contributed by atoms with Crippen molar-refractivity contribution < 1.29 is 9.53 Å². The van der Waals surface area contributed by atoms with Gasteiger partial charge in [0.1, 0.15) is 5.75 Å². The Bertz CT molecular complexity index is 416. The van der Waals surface area contributed by atoms with Gasteiger partial charge in [0.15, 0.2) is 0 Å². The standard InChI is InChI=1S/C14H20N2O2/c1-10(12-5-3-4-6-13(12)18-2)16-14(17)7-11-8-15-9-11/h3-6,10-11,15H,7-9H2,1-2H3,(H,16,17)/t10-/m0/s1. The van der Waals surface area contributed by atoms with Gasteiger partial charge in [-0.25, -0.2) is 0 Å². The first-order valence-corrected chi connectivity index (χ1v) is 6.33. The molecule has 98 valence electrons. The molecule has 1 atom stereocenters. The predicted molar refractivity (Wildman–Crippen MR) is 70.5 cm³/mol. The van der Waals surface area contributed by atoms with E-state index in [-0.39, 0.29) is 11.9 Å². The van der Waals surface area contributed by atoms with Crippen molar-refractivity contribution in [2.75, 3.05) is 20.2 Å². The molecule has 0 radical (unpaired) electrons. The minimum Gasteiger partial charge on any atom is -0.496 e. The molecule has 1 aliphatic heterocycles. The Hall–Kier alpha value is -1.55. The number of rotatable bonds is 5. The number of amides is 1. The van der Waals surface area contributed by atoms with Crippen molar-refractivity contribution in [3.8, 4) is 5.75 Å². The molecule has 1 aromatic carbocycles. The smallest absolute Gasteiger partial charge is 0.220 e. The van der Waals surface area contributed by atoms with E-state index in [0.29, 0.717) is 12.3 Å². The van der Waals surface area contributed by atoms with Gasteiger partial charge in [-0.05, 0) is 32.0 Å². The summed E-state index contributed by atoms with van der Waals surface area (Å²) < 4.78 is 5.30. The van der Waals surface area contributed by atoms with Crippen molar-refractivity contribution in [2.45, 2.75) is 19.4 Å². The number of methoxy groups -OCH3 is 1. The molecule has 0 unspecified atom stereocenters. The summed E-state index contributed by atoms with van der Waals surface area (Å²) >= 11 is 0. The lowest BCUT2D eigenvalue weighted by molar-refractivity contribution is -0.123. The van der Waals surface area contributed by atoms with Crippen molar-refractivity contribution in [3.05, 3.63) is 29.8 Å². The predicted octanol–water partition coefficient (Wildman–Crippen LogP) is 1.48. The molecule has 0 saturated carbocycles. The van der Waals surface area contributed by atoms with E-state index in [1.807, 2.05) is 31.2 Å². The summed E-state index contributed by atoms with van der Waals surface area (Å²) in [7, 11) is 1.65. The third-order valence-electron chi connectivity index (χ3n) is 3.32. The summed E-state index contributed by atoms with van der Waals surface area (Å²) in [6, 6.07) is 7.75. The normalized spacial score (nSPS) is 16.8. The fraction of sp³-hybridized carbons (Fsp3) is 0.500. The molecule has 18 heavy (non-hydrogen) atoms. The average molecular weight is 248 g/mol. The lowest BCUT2D eigenvalue weighted by Gasteiger charge is -2.27. The fourth-order valence-electron chi connectivity index (χ4n) is 2.16. The van der Waals surface area contributed by atoms with E-state index < -0.39 is 0 Å². The van der Waals surface area contributed by atoms with E-state index >= 15 is 0 Å². The third kappa shape index (κ3) is 3.01. The first-order valence-electron chi connectivity index (χ1n) is 6.33. The molecule has 1 fully saturated rings. The van der Waals surface area contributed by atoms with Crippen LogP contribution in [0.3, 0.4) is 0 Å². The number of carbonyl (C=O) groups is 1. The Morgan fingerprint density at radius 2 is 2.22 bits per heavy atom. The molecule has 1 heterocycles. The number of benzene rings is 1. The first-order chi connectivity index (χ1) is 8.70. The Kier molecular flexibility index (Phi) is 4.20. The zero-order valence-electron chi connectivity index (χ0n) is 10.9. The minimum absolute atomic E-state index is 0.0262. The van der Waals surface area contributed by atoms with E-state index in [1.165, 1.54) is 0 Å². The van der Waals surface area contributed by atoms with Crippen molar-refractivity contribution in [2.24, 2.45) is 5.92 Å². The number of ether oxygens (including phenoxy) is 1. The highest BCUT2D eigenvalue weighted by atomic mass is 16.5. The summed E-state index contributed by atoms with van der Waals surface area (Å²) in [4.78, 5) is 11.8. The summed E-state index contributed by atoms with van der Waals surface area (Å²) in [6.45, 7) is 3.89. The lowest BCUT2D eigenvalue weighted by Crippen LogP contribution is -2.44. The van der Waals surface area contributed by atoms with Crippen molar-refractivity contribution >= 4 is 5.91 Å². The maximum Gasteiger partial charge on any atom is 0.220 e. The van der Waals surface area contributed by atoms with Crippen LogP contribution in [0, 0.1) is 5.92 Å². The zero-order chi connectivity index (χ0) is 13.0. The van der Waals surface area contributed by atoms with Crippen LogP contribution in [-0.4, -0.2) is 26.1 Å². The van der Waals surface area contributed by atoms with E-state index in [0.717, 1.165) is 24.4 Å². The van der Waals surface area contributed by atoms with Crippen molar-refractivity contribution in [1.82, 2.24) is 10.6 Å². The van der Waals surface area contributed by atoms with Crippen molar-refractivity contribution in [1.29, 1.82) is 0 Å². The average Bonchev–Trinajstić information content (AvgIpc) is 2.33. The molecule has 1 aliphatic rings. The lowest BCUT2D eigenvalue weighted by atomic mass is 9.98. The molecule has 0 bridgehead atoms. The molecule has 0 spiro atoms. The highest BCUT2D eigenvalue weighted by molar-refractivity contribution is 5.77. The van der Waals surface area contributed by atoms with Crippen LogP contribution in [0.4, 0.5) is 0 Å². The van der Waals surface area contributed by atoms with Crippen LogP contribution in [0.25, 0.3) is 0 Å². The first kappa shape index (κ1) is 12.9. The van der Waals surface area contributed by atoms with Gasteiger partial charge in [-0.15, -0.1) is 0 Å². The second-order valence-electron chi connectivity index (χ2n) is 4.76. The Morgan fingerprint density at radius 1 is 1.50 bits per heavy atom. The number of nitrogens with one attached hydrogen (secondary N) is 2. The summed E-state index contributed by atoms with van der Waals surface area (Å²) in [5, 5.41) is 6.19. The second kappa shape index (κ2) is 5.87. The van der Waals surface area contributed by atoms with Gasteiger partial charge < -0.3 is 15.4 Å². The van der Waals surface area contributed by atoms with E-state index in [9.17, 15) is 4.79 Å². The van der Waals surface area contributed by atoms with E-state index in [1.54, 1.807) is 7.11 Å². The highest BCUT2D eigenvalue weighted by Gasteiger charge is 2.21. The number of hydrogen-bond donors (Lipinski definition) is 2. The molecule has 1 aromatic rings. The van der Waals surface area contributed by atoms with Crippen LogP contribution in [0.2, 0.25) is 0 Å². The van der Waals surface area contributed by atoms with Crippen molar-refractivity contribution in [3.63, 3.8) is 0 Å². The van der Waals surface area contributed by atoms with E-state index in [2.05, 4.69) is 10.6 Å². The van der Waals surface area contributed by atoms with Crippen LogP contribution >= 0.6 is 0 Å². The molecule has 1 amide bonds. The van der Waals surface area contributed by atoms with Crippen LogP contribution < -0.4 is 15.4 Å². The summed E-state index contributed by atoms with van der Waals surface area (Å²) in [6.07, 6.45) is 0.604. The number of carbonyl (C=O) groups excluding carboxylic acids is 1. The maximum atomic E-state index is 11.8. The zero-order valence-corrected chi connectivity index (χ0v) is 10.9.